The first-order chi connectivity index (χ1) is 12.3. The smallest absolute Gasteiger partial charge is 0.325 e. The summed E-state index contributed by atoms with van der Waals surface area (Å²) in [5.41, 5.74) is -0.769. The first kappa shape index (κ1) is 23.6. The van der Waals surface area contributed by atoms with Crippen LogP contribution in [0.25, 0.3) is 0 Å². The van der Waals surface area contributed by atoms with Crippen molar-refractivity contribution in [3.8, 4) is 0 Å². The number of carbonyl (C=O) groups excluding carboxylic acids is 1. The van der Waals surface area contributed by atoms with Gasteiger partial charge in [-0.25, -0.2) is 0 Å². The Balaban J connectivity index is 4.62. The lowest BCUT2D eigenvalue weighted by molar-refractivity contribution is -0.143. The summed E-state index contributed by atoms with van der Waals surface area (Å²) in [6, 6.07) is -0.908. The number of aliphatic carboxylic acids is 1. The molecule has 2 atom stereocenters. The fraction of sp³-hybridized carbons (Fsp3) is 0.429. The topological polar surface area (TPSA) is 69.6 Å². The number of nitrogens with zero attached hydrogens (tertiary/aromatic N) is 1. The van der Waals surface area contributed by atoms with Gasteiger partial charge in [0.1, 0.15) is 6.04 Å². The van der Waals surface area contributed by atoms with Crippen molar-refractivity contribution in [1.29, 1.82) is 0 Å². The van der Waals surface area contributed by atoms with Crippen LogP contribution in [0.5, 0.6) is 0 Å². The molecule has 144 valence electrons. The summed E-state index contributed by atoms with van der Waals surface area (Å²) in [7, 11) is 1.86. The predicted molar refractivity (Wildman–Crippen MR) is 108 cm³/mol. The van der Waals surface area contributed by atoms with Crippen molar-refractivity contribution in [2.75, 3.05) is 13.6 Å². The van der Waals surface area contributed by atoms with E-state index in [9.17, 15) is 9.59 Å². The summed E-state index contributed by atoms with van der Waals surface area (Å²) in [5.74, 6) is -1.32. The van der Waals surface area contributed by atoms with Crippen molar-refractivity contribution >= 4 is 11.9 Å². The van der Waals surface area contributed by atoms with Gasteiger partial charge in [-0.05, 0) is 34.2 Å². The van der Waals surface area contributed by atoms with Crippen molar-refractivity contribution in [3.63, 3.8) is 0 Å². The molecule has 0 aromatic carbocycles. The van der Waals surface area contributed by atoms with Crippen LogP contribution in [0.4, 0.5) is 0 Å². The Morgan fingerprint density at radius 1 is 1.08 bits per heavy atom. The fourth-order valence-corrected chi connectivity index (χ4v) is 2.01. The van der Waals surface area contributed by atoms with Gasteiger partial charge < -0.3 is 10.4 Å². The maximum absolute atomic E-state index is 12.5. The van der Waals surface area contributed by atoms with E-state index in [1.165, 1.54) is 6.92 Å². The van der Waals surface area contributed by atoms with Crippen molar-refractivity contribution in [2.24, 2.45) is 0 Å². The molecule has 5 heteroatoms. The first-order valence-corrected chi connectivity index (χ1v) is 8.82. The number of likely N-dealkylation sites (N-methyl/N-ethyl adjacent to an activating group) is 1. The van der Waals surface area contributed by atoms with Crippen molar-refractivity contribution < 1.29 is 14.7 Å². The summed E-state index contributed by atoms with van der Waals surface area (Å²) in [6.45, 7) is 7.74. The standard InChI is InChI=1S/C21H32N2O3/c1-6-8-9-10-11-12-13-14-15-16-17-23(5)21(4,7-2)20(26)22-18(3)19(24)25/h6,8-16,18H,7,17H2,1-5H3,(H,22,26)(H,24,25)/t18-,21-/m0/s1. The van der Waals surface area contributed by atoms with Gasteiger partial charge in [-0.15, -0.1) is 0 Å². The van der Waals surface area contributed by atoms with E-state index in [4.69, 9.17) is 5.11 Å². The number of carbonyl (C=O) groups is 2. The Morgan fingerprint density at radius 2 is 1.58 bits per heavy atom. The number of rotatable bonds is 11. The van der Waals surface area contributed by atoms with E-state index < -0.39 is 17.6 Å². The number of hydrogen-bond acceptors (Lipinski definition) is 3. The van der Waals surface area contributed by atoms with Gasteiger partial charge in [0.2, 0.25) is 5.91 Å². The van der Waals surface area contributed by atoms with Gasteiger partial charge in [0.25, 0.3) is 0 Å². The van der Waals surface area contributed by atoms with Gasteiger partial charge in [0.05, 0.1) is 5.54 Å². The number of carboxylic acid groups (broad SMARTS) is 1. The predicted octanol–water partition coefficient (Wildman–Crippen LogP) is 3.48. The minimum absolute atomic E-state index is 0.280. The van der Waals surface area contributed by atoms with Crippen LogP contribution in [0, 0.1) is 0 Å². The number of amides is 1. The average Bonchev–Trinajstić information content (AvgIpc) is 2.61. The lowest BCUT2D eigenvalue weighted by Gasteiger charge is -2.36. The third kappa shape index (κ3) is 8.62. The van der Waals surface area contributed by atoms with E-state index in [1.54, 1.807) is 0 Å². The molecule has 0 radical (unpaired) electrons. The van der Waals surface area contributed by atoms with Crippen LogP contribution >= 0.6 is 0 Å². The van der Waals surface area contributed by atoms with Gasteiger partial charge in [-0.1, -0.05) is 67.7 Å². The first-order valence-electron chi connectivity index (χ1n) is 8.82. The largest absolute Gasteiger partial charge is 0.480 e. The quantitative estimate of drug-likeness (QED) is 0.554. The van der Waals surface area contributed by atoms with Crippen LogP contribution in [0.3, 0.4) is 0 Å². The molecule has 0 saturated carbocycles. The number of hydrogen-bond donors (Lipinski definition) is 2. The highest BCUT2D eigenvalue weighted by Gasteiger charge is 2.36. The number of nitrogens with one attached hydrogen (secondary N) is 1. The zero-order valence-corrected chi connectivity index (χ0v) is 16.5. The third-order valence-electron chi connectivity index (χ3n) is 4.22. The lowest BCUT2D eigenvalue weighted by atomic mass is 9.95. The fourth-order valence-electron chi connectivity index (χ4n) is 2.01. The Morgan fingerprint density at radius 3 is 2.04 bits per heavy atom. The van der Waals surface area contributed by atoms with E-state index in [2.05, 4.69) is 5.32 Å². The molecule has 0 aliphatic rings. The van der Waals surface area contributed by atoms with Crippen molar-refractivity contribution in [3.05, 3.63) is 60.8 Å². The normalized spacial score (nSPS) is 16.4. The van der Waals surface area contributed by atoms with Crippen LogP contribution in [0.2, 0.25) is 0 Å². The molecular formula is C21H32N2O3. The van der Waals surface area contributed by atoms with E-state index in [-0.39, 0.29) is 5.91 Å². The molecule has 0 aromatic rings. The monoisotopic (exact) mass is 360 g/mol. The van der Waals surface area contributed by atoms with Gasteiger partial charge >= 0.3 is 5.97 Å². The van der Waals surface area contributed by atoms with E-state index in [0.717, 1.165) is 0 Å². The molecule has 5 nitrogen and oxygen atoms in total. The second kappa shape index (κ2) is 12.9. The Hall–Kier alpha value is -2.40. The molecule has 0 aromatic heterocycles. The number of carboxylic acids is 1. The van der Waals surface area contributed by atoms with Crippen LogP contribution < -0.4 is 5.32 Å². The summed E-state index contributed by atoms with van der Waals surface area (Å²) < 4.78 is 0. The van der Waals surface area contributed by atoms with Crippen LogP contribution in [0.1, 0.15) is 34.1 Å². The molecule has 2 N–H and O–H groups in total. The van der Waals surface area contributed by atoms with Gasteiger partial charge in [0, 0.05) is 6.54 Å². The highest BCUT2D eigenvalue weighted by molar-refractivity contribution is 5.89. The van der Waals surface area contributed by atoms with Crippen LogP contribution in [-0.2, 0) is 9.59 Å². The van der Waals surface area contributed by atoms with Crippen LogP contribution in [-0.4, -0.2) is 47.1 Å². The summed E-state index contributed by atoms with van der Waals surface area (Å²) in [6.07, 6.45) is 20.0. The molecule has 0 spiro atoms. The highest BCUT2D eigenvalue weighted by atomic mass is 16.4. The molecule has 0 heterocycles. The van der Waals surface area contributed by atoms with E-state index in [0.29, 0.717) is 13.0 Å². The molecule has 0 aliphatic carbocycles. The maximum atomic E-state index is 12.5. The van der Waals surface area contributed by atoms with Crippen LogP contribution in [0.15, 0.2) is 60.8 Å². The van der Waals surface area contributed by atoms with Gasteiger partial charge in [-0.3, -0.25) is 14.5 Å². The third-order valence-corrected chi connectivity index (χ3v) is 4.22. The molecule has 0 unspecified atom stereocenters. The summed E-state index contributed by atoms with van der Waals surface area (Å²) in [4.78, 5) is 25.3. The number of allylic oxidation sites excluding steroid dienone is 9. The average molecular weight is 360 g/mol. The van der Waals surface area contributed by atoms with Crippen molar-refractivity contribution in [2.45, 2.75) is 45.7 Å². The Kier molecular flexibility index (Phi) is 11.7. The summed E-state index contributed by atoms with van der Waals surface area (Å²) >= 11 is 0. The second-order valence-electron chi connectivity index (χ2n) is 6.15. The molecule has 0 bridgehead atoms. The molecule has 0 rings (SSSR count). The lowest BCUT2D eigenvalue weighted by Crippen LogP contribution is -2.57. The second-order valence-corrected chi connectivity index (χ2v) is 6.15. The van der Waals surface area contributed by atoms with E-state index in [1.807, 2.05) is 93.5 Å². The highest BCUT2D eigenvalue weighted by Crippen LogP contribution is 2.18. The Bertz CT molecular complexity index is 588. The Labute approximate surface area is 157 Å². The maximum Gasteiger partial charge on any atom is 0.325 e. The van der Waals surface area contributed by atoms with Crippen molar-refractivity contribution in [1.82, 2.24) is 10.2 Å². The zero-order chi connectivity index (χ0) is 20.0. The molecule has 26 heavy (non-hydrogen) atoms. The van der Waals surface area contributed by atoms with E-state index >= 15 is 0 Å². The summed E-state index contributed by atoms with van der Waals surface area (Å²) in [5, 5.41) is 11.5. The zero-order valence-electron chi connectivity index (χ0n) is 16.5. The molecule has 0 saturated heterocycles. The molecule has 1 amide bonds. The molecular weight excluding hydrogens is 328 g/mol. The SMILES string of the molecule is CC=CC=CC=CC=CC=CCN(C)[C@@](C)(CC)C(=O)N[C@@H](C)C(=O)O. The molecule has 0 aliphatic heterocycles. The minimum atomic E-state index is -1.04. The minimum Gasteiger partial charge on any atom is -0.480 e. The van der Waals surface area contributed by atoms with Gasteiger partial charge in [-0.2, -0.15) is 0 Å². The van der Waals surface area contributed by atoms with Gasteiger partial charge in [0.15, 0.2) is 0 Å². The molecule has 0 fully saturated rings.